The van der Waals surface area contributed by atoms with Crippen molar-refractivity contribution in [2.75, 3.05) is 23.4 Å². The molecular formula is C20H24N2O2. The number of benzene rings is 2. The third kappa shape index (κ3) is 3.53. The fourth-order valence-corrected chi connectivity index (χ4v) is 3.12. The number of nitrogens with one attached hydrogen (secondary N) is 1. The van der Waals surface area contributed by atoms with E-state index in [1.165, 1.54) is 5.56 Å². The van der Waals surface area contributed by atoms with Crippen LogP contribution in [0.4, 0.5) is 11.4 Å². The second-order valence-corrected chi connectivity index (χ2v) is 6.18. The lowest BCUT2D eigenvalue weighted by Gasteiger charge is -2.23. The normalized spacial score (nSPS) is 15.9. The van der Waals surface area contributed by atoms with E-state index < -0.39 is 0 Å². The molecule has 24 heavy (non-hydrogen) atoms. The van der Waals surface area contributed by atoms with Crippen LogP contribution in [0.5, 0.6) is 5.75 Å². The molecule has 0 radical (unpaired) electrons. The second kappa shape index (κ2) is 7.39. The highest BCUT2D eigenvalue weighted by atomic mass is 16.5. The molecule has 0 aromatic heterocycles. The molecule has 3 rings (SSSR count). The van der Waals surface area contributed by atoms with E-state index in [4.69, 9.17) is 4.74 Å². The van der Waals surface area contributed by atoms with Gasteiger partial charge in [-0.1, -0.05) is 31.2 Å². The Kier molecular flexibility index (Phi) is 5.04. The van der Waals surface area contributed by atoms with Crippen LogP contribution in [-0.4, -0.2) is 25.1 Å². The molecule has 1 N–H and O–H groups in total. The van der Waals surface area contributed by atoms with Gasteiger partial charge in [0, 0.05) is 23.5 Å². The fraction of sp³-hybridized carbons (Fsp3) is 0.350. The molecule has 126 valence electrons. The van der Waals surface area contributed by atoms with Gasteiger partial charge in [-0.3, -0.25) is 4.79 Å². The first kappa shape index (κ1) is 16.4. The van der Waals surface area contributed by atoms with Gasteiger partial charge in [0.2, 0.25) is 5.91 Å². The van der Waals surface area contributed by atoms with E-state index in [2.05, 4.69) is 25.2 Å². The van der Waals surface area contributed by atoms with E-state index in [0.29, 0.717) is 6.61 Å². The topological polar surface area (TPSA) is 41.6 Å². The Morgan fingerprint density at radius 1 is 1.25 bits per heavy atom. The largest absolute Gasteiger partial charge is 0.494 e. The van der Waals surface area contributed by atoms with Gasteiger partial charge in [-0.25, -0.2) is 0 Å². The van der Waals surface area contributed by atoms with Crippen LogP contribution in [0.15, 0.2) is 48.5 Å². The molecule has 1 atom stereocenters. The molecule has 1 unspecified atom stereocenters. The van der Waals surface area contributed by atoms with Gasteiger partial charge in [-0.2, -0.15) is 0 Å². The molecule has 0 saturated heterocycles. The summed E-state index contributed by atoms with van der Waals surface area (Å²) in [6.07, 6.45) is 1.89. The number of fused-ring (bicyclic) bond motifs is 1. The van der Waals surface area contributed by atoms with Crippen LogP contribution in [0.2, 0.25) is 0 Å². The summed E-state index contributed by atoms with van der Waals surface area (Å²) in [5.41, 5.74) is 3.18. The summed E-state index contributed by atoms with van der Waals surface area (Å²) in [5, 5.41) is 3.22. The summed E-state index contributed by atoms with van der Waals surface area (Å²) in [5.74, 6) is 0.918. The average molecular weight is 324 g/mol. The van der Waals surface area contributed by atoms with E-state index in [0.717, 1.165) is 30.0 Å². The van der Waals surface area contributed by atoms with Gasteiger partial charge in [0.05, 0.1) is 13.2 Å². The standard InChI is InChI=1S/C20H24N2O2/c1-3-11-24-18-9-6-8-17(13-18)21-14-20(23)22-15(2)12-16-7-4-5-10-19(16)22/h4-10,13,15,21H,3,11-12,14H2,1-2H3. The minimum atomic E-state index is 0.0901. The van der Waals surface area contributed by atoms with Gasteiger partial charge < -0.3 is 15.0 Å². The number of carbonyl (C=O) groups is 1. The number of para-hydroxylation sites is 1. The number of anilines is 2. The van der Waals surface area contributed by atoms with Crippen molar-refractivity contribution in [3.05, 3.63) is 54.1 Å². The second-order valence-electron chi connectivity index (χ2n) is 6.18. The number of hydrogen-bond donors (Lipinski definition) is 1. The van der Waals surface area contributed by atoms with Crippen LogP contribution in [0.1, 0.15) is 25.8 Å². The smallest absolute Gasteiger partial charge is 0.246 e. The number of rotatable bonds is 6. The molecule has 0 saturated carbocycles. The number of hydrogen-bond acceptors (Lipinski definition) is 3. The van der Waals surface area contributed by atoms with Crippen molar-refractivity contribution < 1.29 is 9.53 Å². The van der Waals surface area contributed by atoms with Crippen LogP contribution in [0.3, 0.4) is 0 Å². The lowest BCUT2D eigenvalue weighted by molar-refractivity contribution is -0.117. The molecule has 0 spiro atoms. The highest BCUT2D eigenvalue weighted by Gasteiger charge is 2.30. The van der Waals surface area contributed by atoms with Crippen molar-refractivity contribution in [3.63, 3.8) is 0 Å². The summed E-state index contributed by atoms with van der Waals surface area (Å²) in [7, 11) is 0. The third-order valence-electron chi connectivity index (χ3n) is 4.23. The van der Waals surface area contributed by atoms with Gasteiger partial charge in [0.25, 0.3) is 0 Å². The van der Waals surface area contributed by atoms with Crippen LogP contribution in [0.25, 0.3) is 0 Å². The van der Waals surface area contributed by atoms with Gasteiger partial charge in [0.15, 0.2) is 0 Å². The lowest BCUT2D eigenvalue weighted by Crippen LogP contribution is -2.39. The quantitative estimate of drug-likeness (QED) is 0.877. The Bertz CT molecular complexity index is 714. The zero-order chi connectivity index (χ0) is 16.9. The zero-order valence-electron chi connectivity index (χ0n) is 14.3. The number of amides is 1. The van der Waals surface area contributed by atoms with Crippen molar-refractivity contribution in [2.24, 2.45) is 0 Å². The number of nitrogens with zero attached hydrogens (tertiary/aromatic N) is 1. The van der Waals surface area contributed by atoms with Crippen molar-refractivity contribution in [2.45, 2.75) is 32.7 Å². The van der Waals surface area contributed by atoms with Gasteiger partial charge in [-0.15, -0.1) is 0 Å². The molecule has 0 bridgehead atoms. The minimum absolute atomic E-state index is 0.0901. The van der Waals surface area contributed by atoms with Crippen LogP contribution in [-0.2, 0) is 11.2 Å². The molecular weight excluding hydrogens is 300 g/mol. The van der Waals surface area contributed by atoms with Gasteiger partial charge in [0.1, 0.15) is 5.75 Å². The van der Waals surface area contributed by atoms with Crippen molar-refractivity contribution in [1.29, 1.82) is 0 Å². The maximum absolute atomic E-state index is 12.7. The fourth-order valence-electron chi connectivity index (χ4n) is 3.12. The molecule has 1 amide bonds. The van der Waals surface area contributed by atoms with Crippen molar-refractivity contribution in [3.8, 4) is 5.75 Å². The molecule has 1 aliphatic heterocycles. The number of ether oxygens (including phenoxy) is 1. The Hall–Kier alpha value is -2.49. The van der Waals surface area contributed by atoms with Crippen LogP contribution < -0.4 is 15.0 Å². The Morgan fingerprint density at radius 2 is 2.08 bits per heavy atom. The molecule has 4 nitrogen and oxygen atoms in total. The summed E-state index contributed by atoms with van der Waals surface area (Å²) in [4.78, 5) is 14.6. The van der Waals surface area contributed by atoms with E-state index in [1.54, 1.807) is 0 Å². The molecule has 2 aromatic rings. The summed E-state index contributed by atoms with van der Waals surface area (Å²) >= 11 is 0. The maximum Gasteiger partial charge on any atom is 0.246 e. The zero-order valence-corrected chi connectivity index (χ0v) is 14.3. The highest BCUT2D eigenvalue weighted by Crippen LogP contribution is 2.31. The monoisotopic (exact) mass is 324 g/mol. The molecule has 0 fully saturated rings. The number of carbonyl (C=O) groups excluding carboxylic acids is 1. The Morgan fingerprint density at radius 3 is 2.92 bits per heavy atom. The summed E-state index contributed by atoms with van der Waals surface area (Å²) < 4.78 is 5.63. The molecule has 4 heteroatoms. The Balaban J connectivity index is 1.64. The maximum atomic E-state index is 12.7. The van der Waals surface area contributed by atoms with E-state index >= 15 is 0 Å². The SMILES string of the molecule is CCCOc1cccc(NCC(=O)N2c3ccccc3CC2C)c1. The van der Waals surface area contributed by atoms with Gasteiger partial charge in [-0.05, 0) is 43.5 Å². The first-order valence-electron chi connectivity index (χ1n) is 8.55. The predicted octanol–water partition coefficient (Wildman–Crippen LogP) is 3.87. The molecule has 2 aromatic carbocycles. The first-order chi connectivity index (χ1) is 11.7. The van der Waals surface area contributed by atoms with Gasteiger partial charge >= 0.3 is 0 Å². The highest BCUT2D eigenvalue weighted by molar-refractivity contribution is 5.98. The van der Waals surface area contributed by atoms with Crippen molar-refractivity contribution in [1.82, 2.24) is 0 Å². The molecule has 1 heterocycles. The average Bonchev–Trinajstić information content (AvgIpc) is 2.94. The lowest BCUT2D eigenvalue weighted by atomic mass is 10.1. The molecule has 0 aliphatic carbocycles. The minimum Gasteiger partial charge on any atom is -0.494 e. The third-order valence-corrected chi connectivity index (χ3v) is 4.23. The first-order valence-corrected chi connectivity index (χ1v) is 8.55. The predicted molar refractivity (Wildman–Crippen MR) is 97.8 cm³/mol. The van der Waals surface area contributed by atoms with Crippen LogP contribution >= 0.6 is 0 Å². The van der Waals surface area contributed by atoms with E-state index in [1.807, 2.05) is 47.4 Å². The molecule has 1 aliphatic rings. The summed E-state index contributed by atoms with van der Waals surface area (Å²) in [6, 6.07) is 16.1. The van der Waals surface area contributed by atoms with Crippen LogP contribution in [0, 0.1) is 0 Å². The summed E-state index contributed by atoms with van der Waals surface area (Å²) in [6.45, 7) is 5.15. The van der Waals surface area contributed by atoms with E-state index in [-0.39, 0.29) is 18.5 Å². The Labute approximate surface area is 143 Å². The van der Waals surface area contributed by atoms with Crippen molar-refractivity contribution >= 4 is 17.3 Å². The van der Waals surface area contributed by atoms with E-state index in [9.17, 15) is 4.79 Å².